The van der Waals surface area contributed by atoms with Crippen molar-refractivity contribution in [1.82, 2.24) is 0 Å². The molecule has 0 heterocycles. The molecule has 0 N–H and O–H groups in total. The van der Waals surface area contributed by atoms with Gasteiger partial charge in [-0.25, -0.2) is 4.79 Å². The van der Waals surface area contributed by atoms with E-state index in [-0.39, 0.29) is 22.9 Å². The first-order chi connectivity index (χ1) is 9.51. The van der Waals surface area contributed by atoms with E-state index in [0.717, 1.165) is 0 Å². The standard InChI is InChI=1S/C14H17ClO5/c1-5-8-7-9(18-3)13(19-4)10(11(8)15)12(16)14(17)20-6-2/h7H,5-6H2,1-4H3. The number of halogens is 1. The predicted molar refractivity (Wildman–Crippen MR) is 74.9 cm³/mol. The van der Waals surface area contributed by atoms with Gasteiger partial charge in [0.1, 0.15) is 0 Å². The van der Waals surface area contributed by atoms with Crippen LogP contribution in [-0.4, -0.2) is 32.6 Å². The number of hydrogen-bond acceptors (Lipinski definition) is 5. The van der Waals surface area contributed by atoms with E-state index in [4.69, 9.17) is 25.8 Å². The molecule has 0 saturated heterocycles. The van der Waals surface area contributed by atoms with E-state index in [1.165, 1.54) is 14.2 Å². The Balaban J connectivity index is 3.49. The molecule has 110 valence electrons. The van der Waals surface area contributed by atoms with Gasteiger partial charge in [-0.2, -0.15) is 0 Å². The van der Waals surface area contributed by atoms with Crippen LogP contribution in [0.3, 0.4) is 0 Å². The summed E-state index contributed by atoms with van der Waals surface area (Å²) < 4.78 is 15.1. The van der Waals surface area contributed by atoms with Gasteiger partial charge < -0.3 is 14.2 Å². The molecule has 0 aliphatic rings. The van der Waals surface area contributed by atoms with Crippen molar-refractivity contribution in [3.63, 3.8) is 0 Å². The molecule has 0 aliphatic heterocycles. The molecule has 6 heteroatoms. The topological polar surface area (TPSA) is 61.8 Å². The molecular formula is C14H17ClO5. The maximum absolute atomic E-state index is 12.2. The second-order valence-corrected chi connectivity index (χ2v) is 4.24. The molecule has 0 aliphatic carbocycles. The minimum atomic E-state index is -0.969. The predicted octanol–water partition coefficient (Wildman–Crippen LogP) is 2.67. The molecule has 0 fully saturated rings. The van der Waals surface area contributed by atoms with Crippen LogP contribution in [0.2, 0.25) is 5.02 Å². The lowest BCUT2D eigenvalue weighted by Gasteiger charge is -2.15. The lowest BCUT2D eigenvalue weighted by atomic mass is 10.0. The molecule has 0 amide bonds. The van der Waals surface area contributed by atoms with Crippen molar-refractivity contribution in [1.29, 1.82) is 0 Å². The smallest absolute Gasteiger partial charge is 0.379 e. The van der Waals surface area contributed by atoms with Crippen LogP contribution in [0, 0.1) is 0 Å². The zero-order valence-electron chi connectivity index (χ0n) is 11.9. The Morgan fingerprint density at radius 2 is 1.85 bits per heavy atom. The Morgan fingerprint density at radius 3 is 2.30 bits per heavy atom. The minimum Gasteiger partial charge on any atom is -0.493 e. The molecule has 1 aromatic carbocycles. The highest BCUT2D eigenvalue weighted by Crippen LogP contribution is 2.39. The summed E-state index contributed by atoms with van der Waals surface area (Å²) in [5.74, 6) is -1.33. The molecular weight excluding hydrogens is 284 g/mol. The number of ketones is 1. The highest BCUT2D eigenvalue weighted by atomic mass is 35.5. The minimum absolute atomic E-state index is 0.0242. The Hall–Kier alpha value is -1.75. The molecule has 0 aromatic heterocycles. The third-order valence-electron chi connectivity index (χ3n) is 2.75. The molecule has 0 spiro atoms. The first-order valence-electron chi connectivity index (χ1n) is 6.16. The maximum atomic E-state index is 12.2. The Morgan fingerprint density at radius 1 is 1.20 bits per heavy atom. The van der Waals surface area contributed by atoms with Crippen LogP contribution in [0.5, 0.6) is 11.5 Å². The number of aryl methyl sites for hydroxylation is 1. The number of esters is 1. The van der Waals surface area contributed by atoms with Crippen molar-refractivity contribution in [2.45, 2.75) is 20.3 Å². The van der Waals surface area contributed by atoms with Crippen LogP contribution >= 0.6 is 11.6 Å². The molecule has 5 nitrogen and oxygen atoms in total. The van der Waals surface area contributed by atoms with Crippen molar-refractivity contribution in [2.24, 2.45) is 0 Å². The summed E-state index contributed by atoms with van der Waals surface area (Å²) in [7, 11) is 2.82. The summed E-state index contributed by atoms with van der Waals surface area (Å²) in [6.45, 7) is 3.61. The third-order valence-corrected chi connectivity index (χ3v) is 3.18. The fourth-order valence-electron chi connectivity index (χ4n) is 1.78. The lowest BCUT2D eigenvalue weighted by molar-refractivity contribution is -0.137. The Bertz CT molecular complexity index is 525. The SMILES string of the molecule is CCOC(=O)C(=O)c1c(Cl)c(CC)cc(OC)c1OC. The molecule has 0 saturated carbocycles. The maximum Gasteiger partial charge on any atom is 0.379 e. The number of hydrogen-bond donors (Lipinski definition) is 0. The van der Waals surface area contributed by atoms with Gasteiger partial charge in [0, 0.05) is 0 Å². The van der Waals surface area contributed by atoms with Crippen molar-refractivity contribution >= 4 is 23.4 Å². The summed E-state index contributed by atoms with van der Waals surface area (Å²) >= 11 is 6.20. The van der Waals surface area contributed by atoms with Gasteiger partial charge in [-0.3, -0.25) is 4.79 Å². The fraction of sp³-hybridized carbons (Fsp3) is 0.429. The summed E-state index contributed by atoms with van der Waals surface area (Å²) in [4.78, 5) is 23.8. The van der Waals surface area contributed by atoms with E-state index in [0.29, 0.717) is 17.7 Å². The van der Waals surface area contributed by atoms with Gasteiger partial charge in [0.25, 0.3) is 5.78 Å². The van der Waals surface area contributed by atoms with Crippen LogP contribution in [0.4, 0.5) is 0 Å². The molecule has 1 aromatic rings. The summed E-state index contributed by atoms with van der Waals surface area (Å²) in [5.41, 5.74) is 0.667. The number of rotatable bonds is 6. The lowest BCUT2D eigenvalue weighted by Crippen LogP contribution is -2.19. The number of carbonyl (C=O) groups is 2. The second kappa shape index (κ2) is 7.14. The van der Waals surface area contributed by atoms with Gasteiger partial charge in [0.2, 0.25) is 0 Å². The van der Waals surface area contributed by atoms with Gasteiger partial charge in [-0.15, -0.1) is 0 Å². The number of Topliss-reactive ketones (excluding diaryl/α,β-unsaturated/α-hetero) is 1. The molecule has 0 unspecified atom stereocenters. The van der Waals surface area contributed by atoms with Crippen LogP contribution < -0.4 is 9.47 Å². The van der Waals surface area contributed by atoms with E-state index in [1.807, 2.05) is 6.92 Å². The monoisotopic (exact) mass is 300 g/mol. The number of carbonyl (C=O) groups excluding carboxylic acids is 2. The van der Waals surface area contributed by atoms with Crippen molar-refractivity contribution in [2.75, 3.05) is 20.8 Å². The Labute approximate surface area is 122 Å². The normalized spacial score (nSPS) is 10.1. The van der Waals surface area contributed by atoms with E-state index in [9.17, 15) is 9.59 Å². The summed E-state index contributed by atoms with van der Waals surface area (Å²) in [6.07, 6.45) is 0.586. The number of benzene rings is 1. The van der Waals surface area contributed by atoms with E-state index < -0.39 is 11.8 Å². The quantitative estimate of drug-likeness (QED) is 0.459. The molecule has 0 atom stereocenters. The zero-order valence-corrected chi connectivity index (χ0v) is 12.7. The zero-order chi connectivity index (χ0) is 15.3. The largest absolute Gasteiger partial charge is 0.493 e. The average Bonchev–Trinajstić information content (AvgIpc) is 2.46. The third kappa shape index (κ3) is 3.04. The summed E-state index contributed by atoms with van der Waals surface area (Å²) in [6, 6.07) is 1.68. The van der Waals surface area contributed by atoms with Gasteiger partial charge in [-0.05, 0) is 25.0 Å². The van der Waals surface area contributed by atoms with Gasteiger partial charge in [0.05, 0.1) is 31.4 Å². The highest BCUT2D eigenvalue weighted by Gasteiger charge is 2.28. The fourth-order valence-corrected chi connectivity index (χ4v) is 2.14. The van der Waals surface area contributed by atoms with Crippen LogP contribution in [0.15, 0.2) is 6.07 Å². The first-order valence-corrected chi connectivity index (χ1v) is 6.54. The average molecular weight is 301 g/mol. The molecule has 1 rings (SSSR count). The van der Waals surface area contributed by atoms with Crippen LogP contribution in [0.25, 0.3) is 0 Å². The van der Waals surface area contributed by atoms with Gasteiger partial charge in [-0.1, -0.05) is 18.5 Å². The first kappa shape index (κ1) is 16.3. The van der Waals surface area contributed by atoms with Crippen molar-refractivity contribution in [3.05, 3.63) is 22.2 Å². The van der Waals surface area contributed by atoms with Crippen LogP contribution in [0.1, 0.15) is 29.8 Å². The molecule has 0 radical (unpaired) electrons. The second-order valence-electron chi connectivity index (χ2n) is 3.86. The molecule has 20 heavy (non-hydrogen) atoms. The van der Waals surface area contributed by atoms with Crippen molar-refractivity contribution < 1.29 is 23.8 Å². The van der Waals surface area contributed by atoms with Crippen LogP contribution in [-0.2, 0) is 16.0 Å². The molecule has 0 bridgehead atoms. The van der Waals surface area contributed by atoms with Crippen molar-refractivity contribution in [3.8, 4) is 11.5 Å². The highest BCUT2D eigenvalue weighted by molar-refractivity contribution is 6.46. The van der Waals surface area contributed by atoms with Gasteiger partial charge >= 0.3 is 5.97 Å². The number of ether oxygens (including phenoxy) is 3. The summed E-state index contributed by atoms with van der Waals surface area (Å²) in [5, 5.41) is 0.184. The van der Waals surface area contributed by atoms with E-state index in [2.05, 4.69) is 0 Å². The number of methoxy groups -OCH3 is 2. The Kier molecular flexibility index (Phi) is 5.82. The van der Waals surface area contributed by atoms with E-state index >= 15 is 0 Å². The van der Waals surface area contributed by atoms with E-state index in [1.54, 1.807) is 13.0 Å². The van der Waals surface area contributed by atoms with Gasteiger partial charge in [0.15, 0.2) is 11.5 Å².